The Kier molecular flexibility index (Phi) is 9.69. The van der Waals surface area contributed by atoms with Crippen LogP contribution >= 0.6 is 11.6 Å². The second kappa shape index (κ2) is 14.4. The average Bonchev–Trinajstić information content (AvgIpc) is 3.85. The summed E-state index contributed by atoms with van der Waals surface area (Å²) in [4.78, 5) is 46.4. The first-order valence-corrected chi connectivity index (χ1v) is 22.3. The molecule has 2 amide bonds. The van der Waals surface area contributed by atoms with Crippen LogP contribution in [0.15, 0.2) is 102 Å². The first-order chi connectivity index (χ1) is 26.5. The van der Waals surface area contributed by atoms with Gasteiger partial charge in [-0.15, -0.1) is 0 Å². The van der Waals surface area contributed by atoms with Crippen molar-refractivity contribution in [2.45, 2.75) is 69.1 Å². The molecule has 10 nitrogen and oxygen atoms in total. The van der Waals surface area contributed by atoms with E-state index in [0.717, 1.165) is 29.5 Å². The number of aromatic nitrogens is 2. The molecule has 0 saturated carbocycles. The molecule has 0 aliphatic carbocycles. The van der Waals surface area contributed by atoms with Gasteiger partial charge < -0.3 is 24.4 Å². The number of methoxy groups -OCH3 is 1. The van der Waals surface area contributed by atoms with E-state index in [0.29, 0.717) is 33.9 Å². The number of carbonyl (C=O) groups is 2. The zero-order valence-electron chi connectivity index (χ0n) is 31.4. The number of nitrogens with zero attached hydrogens (tertiary/aromatic N) is 4. The smallest absolute Gasteiger partial charge is 0.279 e. The molecule has 4 heterocycles. The first-order valence-electron chi connectivity index (χ1n) is 18.9. The van der Waals surface area contributed by atoms with Crippen molar-refractivity contribution in [1.29, 1.82) is 0 Å². The molecular weight excluding hydrogens is 732 g/mol. The van der Waals surface area contributed by atoms with Gasteiger partial charge in [-0.2, -0.15) is 9.78 Å². The maximum Gasteiger partial charge on any atom is 0.279 e. The molecule has 0 bridgehead atoms. The molecule has 1 N–H and O–H groups in total. The Morgan fingerprint density at radius 2 is 1.82 bits per heavy atom. The summed E-state index contributed by atoms with van der Waals surface area (Å²) in [6, 6.07) is 28.3. The van der Waals surface area contributed by atoms with Gasteiger partial charge >= 0.3 is 0 Å². The number of benzene rings is 4. The highest BCUT2D eigenvalue weighted by Crippen LogP contribution is 2.60. The molecule has 0 radical (unpaired) electrons. The Bertz CT molecular complexity index is 2350. The number of likely N-dealkylation sites (tertiary alicyclic amines) is 1. The normalized spacial score (nSPS) is 23.6. The molecule has 1 aromatic heterocycles. The number of aliphatic hydroxyl groups excluding tert-OH is 1. The van der Waals surface area contributed by atoms with E-state index in [1.165, 1.54) is 9.87 Å². The lowest BCUT2D eigenvalue weighted by Gasteiger charge is -2.37. The largest absolute Gasteiger partial charge is 0.497 e. The van der Waals surface area contributed by atoms with Gasteiger partial charge in [0.2, 0.25) is 5.91 Å². The van der Waals surface area contributed by atoms with Crippen LogP contribution in [0.25, 0.3) is 16.5 Å². The van der Waals surface area contributed by atoms with Gasteiger partial charge in [-0.25, -0.2) is 0 Å². The van der Waals surface area contributed by atoms with E-state index in [1.807, 2.05) is 66.7 Å². The summed E-state index contributed by atoms with van der Waals surface area (Å²) in [5, 5.41) is 17.5. The number of fused-ring (bicyclic) bond motifs is 3. The summed E-state index contributed by atoms with van der Waals surface area (Å²) in [6.07, 6.45) is 2.80. The van der Waals surface area contributed by atoms with Crippen LogP contribution in [0.2, 0.25) is 23.7 Å². The minimum absolute atomic E-state index is 0.0710. The van der Waals surface area contributed by atoms with Crippen molar-refractivity contribution < 1.29 is 24.2 Å². The molecular formula is C43H45ClN4O6Si. The fraction of sp³-hybridized carbons (Fsp3) is 0.349. The molecule has 0 unspecified atom stereocenters. The standard InChI is InChI=1S/C43H45ClN4O6Si/c1-27-40(55(3,4)34-17-15-33(53-2)16-18-34)38(23-39(50)46-20-8-12-32(46)26-49)54-43(27)36-22-30(44)14-19-37(36)47(42(43)52)25-28-9-7-11-31(21-28)48-41(51)35-13-6-5-10-29(35)24-45-48/h5-7,9-11,13-19,21-22,24,27,32,38,40,49H,8,12,20,23,25-26H2,1-4H3/t27-,32-,38+,40-,43+/m0/s1. The number of amides is 2. The van der Waals surface area contributed by atoms with Gasteiger partial charge in [0.05, 0.1) is 69.9 Å². The van der Waals surface area contributed by atoms with Crippen molar-refractivity contribution in [3.8, 4) is 11.4 Å². The van der Waals surface area contributed by atoms with Crippen molar-refractivity contribution in [2.24, 2.45) is 5.92 Å². The first kappa shape index (κ1) is 37.1. The number of aliphatic hydroxyl groups is 1. The van der Waals surface area contributed by atoms with Crippen LogP contribution < -0.4 is 20.4 Å². The molecule has 5 atom stereocenters. The average molecular weight is 777 g/mol. The fourth-order valence-electron chi connectivity index (χ4n) is 9.53. The molecule has 3 aliphatic heterocycles. The Morgan fingerprint density at radius 1 is 1.04 bits per heavy atom. The minimum atomic E-state index is -2.51. The Balaban J connectivity index is 1.19. The van der Waals surface area contributed by atoms with Crippen molar-refractivity contribution in [1.82, 2.24) is 14.7 Å². The zero-order chi connectivity index (χ0) is 38.6. The molecule has 1 spiro atoms. The van der Waals surface area contributed by atoms with Gasteiger partial charge in [-0.05, 0) is 72.5 Å². The van der Waals surface area contributed by atoms with Crippen LogP contribution in [0.4, 0.5) is 5.69 Å². The van der Waals surface area contributed by atoms with E-state index in [4.69, 9.17) is 21.1 Å². The Labute approximate surface area is 326 Å². The second-order valence-corrected chi connectivity index (χ2v) is 20.7. The van der Waals surface area contributed by atoms with Crippen molar-refractivity contribution >= 4 is 53.1 Å². The van der Waals surface area contributed by atoms with Gasteiger partial charge in [-0.1, -0.05) is 79.3 Å². The monoisotopic (exact) mass is 776 g/mol. The summed E-state index contributed by atoms with van der Waals surface area (Å²) in [6.45, 7) is 7.37. The van der Waals surface area contributed by atoms with Crippen molar-refractivity contribution in [2.75, 3.05) is 25.2 Å². The molecule has 4 aromatic carbocycles. The molecule has 5 aromatic rings. The van der Waals surface area contributed by atoms with Crippen LogP contribution in [0, 0.1) is 5.92 Å². The number of halogens is 1. The van der Waals surface area contributed by atoms with E-state index in [2.05, 4.69) is 37.2 Å². The molecule has 284 valence electrons. The third-order valence-corrected chi connectivity index (χ3v) is 16.9. The molecule has 12 heteroatoms. The molecule has 55 heavy (non-hydrogen) atoms. The zero-order valence-corrected chi connectivity index (χ0v) is 33.2. The third kappa shape index (κ3) is 6.17. The SMILES string of the molecule is COc1ccc([Si](C)(C)[C@@H]2[C@@H](CC(=O)N3CCC[C@H]3CO)O[C@]3(C(=O)N(Cc4cccc(-n5ncc6ccccc6c5=O)c4)c4ccc(Cl)cc43)[C@H]2C)cc1. The maximum absolute atomic E-state index is 15.3. The van der Waals surface area contributed by atoms with E-state index < -0.39 is 19.8 Å². The van der Waals surface area contributed by atoms with Gasteiger partial charge in [-0.3, -0.25) is 14.4 Å². The Morgan fingerprint density at radius 3 is 2.58 bits per heavy atom. The number of hydrogen-bond donors (Lipinski definition) is 1. The number of rotatable bonds is 9. The fourth-order valence-corrected chi connectivity index (χ4v) is 13.7. The van der Waals surface area contributed by atoms with Gasteiger partial charge in [0.25, 0.3) is 11.5 Å². The van der Waals surface area contributed by atoms with Crippen LogP contribution in [0.1, 0.15) is 37.3 Å². The topological polar surface area (TPSA) is 114 Å². The van der Waals surface area contributed by atoms with E-state index >= 15 is 4.79 Å². The number of ether oxygens (including phenoxy) is 2. The summed E-state index contributed by atoms with van der Waals surface area (Å²) < 4.78 is 14.0. The number of anilines is 1. The van der Waals surface area contributed by atoms with Crippen LogP contribution in [0.5, 0.6) is 5.75 Å². The van der Waals surface area contributed by atoms with Crippen LogP contribution in [0.3, 0.4) is 0 Å². The molecule has 2 saturated heterocycles. The number of hydrogen-bond acceptors (Lipinski definition) is 7. The second-order valence-electron chi connectivity index (χ2n) is 15.6. The summed E-state index contributed by atoms with van der Waals surface area (Å²) in [5.74, 6) is 0.144. The van der Waals surface area contributed by atoms with Gasteiger partial charge in [0.15, 0.2) is 5.60 Å². The van der Waals surface area contributed by atoms with Crippen LogP contribution in [-0.4, -0.2) is 72.1 Å². The number of carbonyl (C=O) groups excluding carboxylic acids is 2. The lowest BCUT2D eigenvalue weighted by molar-refractivity contribution is -0.150. The van der Waals surface area contributed by atoms with Crippen molar-refractivity contribution in [3.63, 3.8) is 0 Å². The molecule has 2 fully saturated rings. The lowest BCUT2D eigenvalue weighted by atomic mass is 9.82. The molecule has 3 aliphatic rings. The predicted octanol–water partition coefficient (Wildman–Crippen LogP) is 6.18. The van der Waals surface area contributed by atoms with E-state index in [-0.39, 0.29) is 54.4 Å². The highest BCUT2D eigenvalue weighted by atomic mass is 35.5. The maximum atomic E-state index is 15.3. The van der Waals surface area contributed by atoms with Crippen LogP contribution in [-0.2, 0) is 26.5 Å². The highest BCUT2D eigenvalue weighted by molar-refractivity contribution is 6.91. The highest BCUT2D eigenvalue weighted by Gasteiger charge is 2.66. The quantitative estimate of drug-likeness (QED) is 0.178. The van der Waals surface area contributed by atoms with Crippen molar-refractivity contribution in [3.05, 3.63) is 124 Å². The lowest BCUT2D eigenvalue weighted by Crippen LogP contribution is -2.52. The Hall–Kier alpha value is -4.81. The minimum Gasteiger partial charge on any atom is -0.497 e. The van der Waals surface area contributed by atoms with E-state index in [9.17, 15) is 14.7 Å². The summed E-state index contributed by atoms with van der Waals surface area (Å²) in [7, 11) is -0.865. The molecule has 8 rings (SSSR count). The van der Waals surface area contributed by atoms with Gasteiger partial charge in [0.1, 0.15) is 5.75 Å². The predicted molar refractivity (Wildman–Crippen MR) is 216 cm³/mol. The summed E-state index contributed by atoms with van der Waals surface area (Å²) in [5.41, 5.74) is 1.00. The van der Waals surface area contributed by atoms with E-state index in [1.54, 1.807) is 35.2 Å². The third-order valence-electron chi connectivity index (χ3n) is 12.3. The summed E-state index contributed by atoms with van der Waals surface area (Å²) >= 11 is 6.71. The van der Waals surface area contributed by atoms with Gasteiger partial charge in [0, 0.05) is 28.4 Å².